The maximum atomic E-state index is 11.1. The van der Waals surface area contributed by atoms with Gasteiger partial charge in [-0.05, 0) is 32.0 Å². The van der Waals surface area contributed by atoms with Gasteiger partial charge in [0, 0.05) is 12.6 Å². The van der Waals surface area contributed by atoms with Gasteiger partial charge in [-0.1, -0.05) is 0 Å². The Labute approximate surface area is 78.0 Å². The molecule has 1 amide bonds. The summed E-state index contributed by atoms with van der Waals surface area (Å²) in [6, 6.07) is 1.01. The number of hydrogen-bond acceptors (Lipinski definition) is 2. The summed E-state index contributed by atoms with van der Waals surface area (Å²) in [4.78, 5) is 15.5. The van der Waals surface area contributed by atoms with Crippen molar-refractivity contribution < 1.29 is 4.79 Å². The van der Waals surface area contributed by atoms with Crippen molar-refractivity contribution in [3.8, 4) is 0 Å². The number of carbonyl (C=O) groups excluding carboxylic acids is 1. The molecule has 2 fully saturated rings. The first-order chi connectivity index (χ1) is 6.36. The van der Waals surface area contributed by atoms with Crippen LogP contribution in [0.4, 0.5) is 0 Å². The molecule has 0 N–H and O–H groups in total. The predicted octanol–water partition coefficient (Wildman–Crippen LogP) is 0.579. The fourth-order valence-electron chi connectivity index (χ4n) is 2.65. The quantitative estimate of drug-likeness (QED) is 0.548. The summed E-state index contributed by atoms with van der Waals surface area (Å²) in [5, 5.41) is 0. The van der Waals surface area contributed by atoms with Crippen LogP contribution in [0.3, 0.4) is 0 Å². The first kappa shape index (κ1) is 7.56. The maximum absolute atomic E-state index is 11.1. The van der Waals surface area contributed by atoms with E-state index in [1.54, 1.807) is 0 Å². The molecule has 3 aliphatic heterocycles. The molecule has 0 aromatic carbocycles. The molecular weight excluding hydrogens is 164 g/mol. The van der Waals surface area contributed by atoms with Crippen molar-refractivity contribution in [3.05, 3.63) is 12.3 Å². The van der Waals surface area contributed by atoms with Crippen molar-refractivity contribution in [2.45, 2.75) is 31.3 Å². The van der Waals surface area contributed by atoms with Gasteiger partial charge in [-0.2, -0.15) is 0 Å². The van der Waals surface area contributed by atoms with E-state index in [-0.39, 0.29) is 0 Å². The van der Waals surface area contributed by atoms with Crippen molar-refractivity contribution in [2.75, 3.05) is 13.1 Å². The summed E-state index contributed by atoms with van der Waals surface area (Å²) in [5.41, 5.74) is 0. The molecule has 0 bridgehead atoms. The summed E-state index contributed by atoms with van der Waals surface area (Å²) >= 11 is 0. The summed E-state index contributed by atoms with van der Waals surface area (Å²) in [7, 11) is 0. The van der Waals surface area contributed by atoms with Gasteiger partial charge >= 0.3 is 0 Å². The Balaban J connectivity index is 1.73. The van der Waals surface area contributed by atoms with Gasteiger partial charge in [0.1, 0.15) is 0 Å². The Kier molecular flexibility index (Phi) is 1.50. The second-order valence-electron chi connectivity index (χ2n) is 4.15. The maximum Gasteiger partial charge on any atom is 0.229 e. The van der Waals surface area contributed by atoms with E-state index < -0.39 is 0 Å². The molecule has 1 unspecified atom stereocenters. The van der Waals surface area contributed by atoms with Gasteiger partial charge in [0.05, 0.1) is 12.1 Å². The number of nitrogens with zero attached hydrogens (tertiary/aromatic N) is 2. The van der Waals surface area contributed by atoms with Crippen LogP contribution in [0.15, 0.2) is 12.3 Å². The van der Waals surface area contributed by atoms with Crippen LogP contribution in [0.5, 0.6) is 0 Å². The fraction of sp³-hybridized carbons (Fsp3) is 0.700. The van der Waals surface area contributed by atoms with Crippen molar-refractivity contribution in [1.82, 2.24) is 9.80 Å². The van der Waals surface area contributed by atoms with E-state index in [0.29, 0.717) is 18.0 Å². The highest BCUT2D eigenvalue weighted by Crippen LogP contribution is 2.32. The molecule has 2 atom stereocenters. The fourth-order valence-corrected chi connectivity index (χ4v) is 2.65. The van der Waals surface area contributed by atoms with Crippen LogP contribution in [0.1, 0.15) is 19.3 Å². The van der Waals surface area contributed by atoms with E-state index in [1.165, 1.54) is 25.9 Å². The average Bonchev–Trinajstić information content (AvgIpc) is 2.69. The lowest BCUT2D eigenvalue weighted by Gasteiger charge is -2.39. The number of amides is 1. The molecule has 3 nitrogen and oxygen atoms in total. The molecule has 0 aromatic heterocycles. The third kappa shape index (κ3) is 0.967. The highest BCUT2D eigenvalue weighted by atomic mass is 16.2. The summed E-state index contributed by atoms with van der Waals surface area (Å²) in [5.74, 6) is 0.294. The Morgan fingerprint density at radius 1 is 1.31 bits per heavy atom. The summed E-state index contributed by atoms with van der Waals surface area (Å²) in [6.45, 7) is 2.43. The average molecular weight is 178 g/mol. The minimum Gasteiger partial charge on any atom is -0.314 e. The number of hydrogen-bond donors (Lipinski definition) is 0. The number of likely N-dealkylation sites (tertiary alicyclic amines) is 1. The van der Waals surface area contributed by atoms with Gasteiger partial charge < -0.3 is 4.90 Å². The highest BCUT2D eigenvalue weighted by Gasteiger charge is 2.45. The number of carbonyl (C=O) groups is 1. The van der Waals surface area contributed by atoms with Crippen LogP contribution in [-0.4, -0.2) is 40.9 Å². The van der Waals surface area contributed by atoms with E-state index in [2.05, 4.69) is 11.0 Å². The van der Waals surface area contributed by atoms with Crippen LogP contribution in [0.25, 0.3) is 0 Å². The van der Waals surface area contributed by atoms with Gasteiger partial charge in [-0.15, -0.1) is 0 Å². The lowest BCUT2D eigenvalue weighted by atomic mass is 9.98. The summed E-state index contributed by atoms with van der Waals surface area (Å²) < 4.78 is 0. The SMILES string of the molecule is O=C1C[C@H]2C(N3CCCC3)C=CN12. The van der Waals surface area contributed by atoms with Crippen LogP contribution in [-0.2, 0) is 4.79 Å². The molecule has 0 aromatic rings. The lowest BCUT2D eigenvalue weighted by molar-refractivity contribution is -0.141. The molecule has 3 rings (SSSR count). The molecule has 0 aliphatic carbocycles. The highest BCUT2D eigenvalue weighted by molar-refractivity contribution is 5.85. The number of β-lactam (4-membered cyclic amide) rings is 1. The predicted molar refractivity (Wildman–Crippen MR) is 49.0 cm³/mol. The molecular formula is C10H14N2O. The first-order valence-corrected chi connectivity index (χ1v) is 5.10. The van der Waals surface area contributed by atoms with Crippen molar-refractivity contribution in [3.63, 3.8) is 0 Å². The Morgan fingerprint density at radius 3 is 2.69 bits per heavy atom. The van der Waals surface area contributed by atoms with Gasteiger partial charge in [0.15, 0.2) is 0 Å². The molecule has 0 radical (unpaired) electrons. The second kappa shape index (κ2) is 2.58. The zero-order chi connectivity index (χ0) is 8.84. The van der Waals surface area contributed by atoms with E-state index in [1.807, 2.05) is 11.1 Å². The van der Waals surface area contributed by atoms with Crippen molar-refractivity contribution in [2.24, 2.45) is 0 Å². The minimum absolute atomic E-state index is 0.294. The molecule has 0 saturated carbocycles. The molecule has 3 aliphatic rings. The van der Waals surface area contributed by atoms with Crippen molar-refractivity contribution >= 4 is 5.91 Å². The van der Waals surface area contributed by atoms with Crippen LogP contribution < -0.4 is 0 Å². The minimum atomic E-state index is 0.294. The molecule has 2 saturated heterocycles. The van der Waals surface area contributed by atoms with E-state index in [4.69, 9.17) is 0 Å². The zero-order valence-electron chi connectivity index (χ0n) is 7.65. The lowest BCUT2D eigenvalue weighted by Crippen LogP contribution is -2.55. The Bertz CT molecular complexity index is 268. The molecule has 70 valence electrons. The standard InChI is InChI=1S/C10H14N2O/c13-10-7-9-8(3-6-12(9)10)11-4-1-2-5-11/h3,6,8-9H,1-2,4-5,7H2/t8?,9-/m0/s1. The largest absolute Gasteiger partial charge is 0.314 e. The van der Waals surface area contributed by atoms with Crippen LogP contribution in [0.2, 0.25) is 0 Å². The van der Waals surface area contributed by atoms with Gasteiger partial charge in [0.25, 0.3) is 0 Å². The monoisotopic (exact) mass is 178 g/mol. The molecule has 3 heterocycles. The summed E-state index contributed by atoms with van der Waals surface area (Å²) in [6.07, 6.45) is 7.57. The third-order valence-electron chi connectivity index (χ3n) is 3.43. The normalized spacial score (nSPS) is 38.2. The Hall–Kier alpha value is -0.830. The number of fused-ring (bicyclic) bond motifs is 1. The van der Waals surface area contributed by atoms with E-state index in [9.17, 15) is 4.79 Å². The van der Waals surface area contributed by atoms with E-state index >= 15 is 0 Å². The molecule has 0 spiro atoms. The van der Waals surface area contributed by atoms with Crippen LogP contribution in [0, 0.1) is 0 Å². The smallest absolute Gasteiger partial charge is 0.229 e. The number of rotatable bonds is 1. The first-order valence-electron chi connectivity index (χ1n) is 5.10. The Morgan fingerprint density at radius 2 is 2.08 bits per heavy atom. The molecule has 3 heteroatoms. The second-order valence-corrected chi connectivity index (χ2v) is 4.15. The van der Waals surface area contributed by atoms with Crippen LogP contribution >= 0.6 is 0 Å². The van der Waals surface area contributed by atoms with Gasteiger partial charge in [-0.25, -0.2) is 0 Å². The zero-order valence-corrected chi connectivity index (χ0v) is 7.65. The third-order valence-corrected chi connectivity index (χ3v) is 3.43. The van der Waals surface area contributed by atoms with Gasteiger partial charge in [-0.3, -0.25) is 9.69 Å². The molecule has 13 heavy (non-hydrogen) atoms. The topological polar surface area (TPSA) is 23.6 Å². The van der Waals surface area contributed by atoms with Gasteiger partial charge in [0.2, 0.25) is 5.91 Å². The van der Waals surface area contributed by atoms with E-state index in [0.717, 1.165) is 6.42 Å². The van der Waals surface area contributed by atoms with Crippen molar-refractivity contribution in [1.29, 1.82) is 0 Å².